The van der Waals surface area contributed by atoms with E-state index >= 15 is 0 Å². The van der Waals surface area contributed by atoms with Gasteiger partial charge >= 0.3 is 0 Å². The van der Waals surface area contributed by atoms with Gasteiger partial charge in [-0.05, 0) is 112 Å². The van der Waals surface area contributed by atoms with E-state index in [0.717, 1.165) is 58.9 Å². The molecule has 0 radical (unpaired) electrons. The molecule has 7 aromatic carbocycles. The normalized spacial score (nSPS) is 16.5. The maximum atomic E-state index is 5.49. The molecule has 304 valence electrons. The Balaban J connectivity index is 0.945. The first-order valence-corrected chi connectivity index (χ1v) is 23.1. The summed E-state index contributed by atoms with van der Waals surface area (Å²) in [4.78, 5) is 14.5. The quantitative estimate of drug-likeness (QED) is 0.167. The molecule has 0 N–H and O–H groups in total. The van der Waals surface area contributed by atoms with E-state index in [4.69, 9.17) is 9.97 Å². The first-order chi connectivity index (χ1) is 31.7. The Bertz CT molecular complexity index is 3570. The van der Waals surface area contributed by atoms with Gasteiger partial charge in [0, 0.05) is 44.6 Å². The van der Waals surface area contributed by atoms with Crippen molar-refractivity contribution in [1.82, 2.24) is 14.5 Å². The number of aromatic nitrogens is 3. The highest BCUT2D eigenvalue weighted by Gasteiger charge is 2.47. The third-order valence-electron chi connectivity index (χ3n) is 13.6. The minimum Gasteiger partial charge on any atom is -0.310 e. The Morgan fingerprint density at radius 2 is 1.23 bits per heavy atom. The number of fused-ring (bicyclic) bond motifs is 8. The van der Waals surface area contributed by atoms with Crippen LogP contribution in [0.15, 0.2) is 200 Å². The maximum absolute atomic E-state index is 5.49. The van der Waals surface area contributed by atoms with E-state index in [1.165, 1.54) is 76.9 Å². The van der Waals surface area contributed by atoms with Crippen LogP contribution in [0.5, 0.6) is 0 Å². The number of hydrogen-bond donors (Lipinski definition) is 0. The second-order valence-corrected chi connectivity index (χ2v) is 18.3. The van der Waals surface area contributed by atoms with Gasteiger partial charge in [-0.2, -0.15) is 0 Å². The Morgan fingerprint density at radius 1 is 0.516 bits per heavy atom. The van der Waals surface area contributed by atoms with Gasteiger partial charge in [0.25, 0.3) is 0 Å². The lowest BCUT2D eigenvalue weighted by Gasteiger charge is -2.34. The van der Waals surface area contributed by atoms with Crippen LogP contribution >= 0.6 is 11.3 Å². The van der Waals surface area contributed by atoms with Crippen molar-refractivity contribution >= 4 is 66.8 Å². The lowest BCUT2D eigenvalue weighted by atomic mass is 9.69. The van der Waals surface area contributed by atoms with E-state index in [1.54, 1.807) is 11.3 Å². The smallest absolute Gasteiger partial charge is 0.231 e. The zero-order valence-electron chi connectivity index (χ0n) is 35.2. The highest BCUT2D eigenvalue weighted by Crippen LogP contribution is 2.54. The molecule has 64 heavy (non-hydrogen) atoms. The van der Waals surface area contributed by atoms with E-state index in [0.29, 0.717) is 0 Å². The van der Waals surface area contributed by atoms with Crippen LogP contribution in [0.4, 0.5) is 11.6 Å². The largest absolute Gasteiger partial charge is 0.310 e. The predicted octanol–water partition coefficient (Wildman–Crippen LogP) is 15.5. The SMILES string of the molecule is C1=CC(n2c3ccccc3c3cc(-c4cccc(-c5ccc6c(c5)C5(CC=Cc7ccccc75)CN6c5nc(-c6ccccc6)c6sc(-c7ccccc7)cc6n5)c4)ccc32)=CCC1. The maximum Gasteiger partial charge on any atom is 0.231 e. The minimum absolute atomic E-state index is 0.286. The molecular formula is C59H42N4S. The number of benzene rings is 7. The van der Waals surface area contributed by atoms with Crippen LogP contribution in [0.2, 0.25) is 0 Å². The van der Waals surface area contributed by atoms with E-state index < -0.39 is 0 Å². The average Bonchev–Trinajstić information content (AvgIpc) is 4.05. The molecule has 5 heteroatoms. The molecule has 1 spiro atoms. The van der Waals surface area contributed by atoms with Gasteiger partial charge in [0.05, 0.1) is 26.9 Å². The highest BCUT2D eigenvalue weighted by atomic mass is 32.1. The number of hydrogen-bond acceptors (Lipinski definition) is 4. The third kappa shape index (κ3) is 5.88. The molecule has 0 fully saturated rings. The molecule has 2 aliphatic carbocycles. The zero-order chi connectivity index (χ0) is 42.2. The van der Waals surface area contributed by atoms with Crippen molar-refractivity contribution in [2.45, 2.75) is 24.7 Å². The summed E-state index contributed by atoms with van der Waals surface area (Å²) in [5.41, 5.74) is 17.6. The summed E-state index contributed by atoms with van der Waals surface area (Å²) in [5.74, 6) is 0.733. The number of anilines is 2. The second kappa shape index (κ2) is 14.8. The molecule has 1 aliphatic heterocycles. The number of thiophene rings is 1. The van der Waals surface area contributed by atoms with Crippen molar-refractivity contribution in [2.24, 2.45) is 0 Å². The summed E-state index contributed by atoms with van der Waals surface area (Å²) < 4.78 is 3.53. The van der Waals surface area contributed by atoms with Gasteiger partial charge in [-0.3, -0.25) is 0 Å². The monoisotopic (exact) mass is 838 g/mol. The van der Waals surface area contributed by atoms with Crippen LogP contribution in [0.1, 0.15) is 36.0 Å². The Hall–Kier alpha value is -7.60. The van der Waals surface area contributed by atoms with Crippen LogP contribution in [0.3, 0.4) is 0 Å². The van der Waals surface area contributed by atoms with Crippen molar-refractivity contribution in [3.8, 4) is 44.0 Å². The number of para-hydroxylation sites is 1. The Kier molecular flexibility index (Phi) is 8.53. The second-order valence-electron chi connectivity index (χ2n) is 17.3. The molecule has 1 atom stereocenters. The summed E-state index contributed by atoms with van der Waals surface area (Å²) in [6.45, 7) is 0.739. The molecule has 0 amide bonds. The number of nitrogens with zero attached hydrogens (tertiary/aromatic N) is 4. The van der Waals surface area contributed by atoms with Crippen LogP contribution in [0.25, 0.3) is 87.7 Å². The number of rotatable bonds is 6. The molecule has 4 heterocycles. The van der Waals surface area contributed by atoms with Crippen LogP contribution in [-0.2, 0) is 5.41 Å². The summed E-state index contributed by atoms with van der Waals surface area (Å²) in [7, 11) is 0. The fourth-order valence-electron chi connectivity index (χ4n) is 10.6. The van der Waals surface area contributed by atoms with Gasteiger partial charge in [0.2, 0.25) is 5.95 Å². The molecule has 1 unspecified atom stereocenters. The van der Waals surface area contributed by atoms with Crippen molar-refractivity contribution in [1.29, 1.82) is 0 Å². The van der Waals surface area contributed by atoms with E-state index in [1.807, 2.05) is 0 Å². The third-order valence-corrected chi connectivity index (χ3v) is 14.8. The molecule has 3 aliphatic rings. The average molecular weight is 839 g/mol. The molecule has 10 aromatic rings. The summed E-state index contributed by atoms with van der Waals surface area (Å²) in [6, 6.07) is 64.4. The van der Waals surface area contributed by atoms with Gasteiger partial charge in [-0.15, -0.1) is 11.3 Å². The molecule has 0 saturated heterocycles. The highest BCUT2D eigenvalue weighted by molar-refractivity contribution is 7.22. The number of allylic oxidation sites excluding steroid dienone is 5. The lowest BCUT2D eigenvalue weighted by Crippen LogP contribution is -2.35. The molecule has 4 nitrogen and oxygen atoms in total. The lowest BCUT2D eigenvalue weighted by molar-refractivity contribution is 0.554. The predicted molar refractivity (Wildman–Crippen MR) is 269 cm³/mol. The Morgan fingerprint density at radius 3 is 2.08 bits per heavy atom. The van der Waals surface area contributed by atoms with Gasteiger partial charge in [-0.25, -0.2) is 9.97 Å². The molecule has 13 rings (SSSR count). The van der Waals surface area contributed by atoms with Gasteiger partial charge in [0.15, 0.2) is 0 Å². The van der Waals surface area contributed by atoms with Crippen molar-refractivity contribution < 1.29 is 0 Å². The Labute approximate surface area is 376 Å². The topological polar surface area (TPSA) is 34.0 Å². The van der Waals surface area contributed by atoms with Gasteiger partial charge in [0.1, 0.15) is 0 Å². The minimum atomic E-state index is -0.286. The fourth-order valence-corrected chi connectivity index (χ4v) is 11.7. The van der Waals surface area contributed by atoms with Crippen LogP contribution < -0.4 is 4.90 Å². The standard InChI is InChI=1S/C59H42N4S/c1-4-17-40(18-5-1)55-37-51-57(64-55)56(41-19-6-2-7-20-41)61-58(60-51)62-38-59(33-15-23-39-16-10-12-27-49(39)59)50-36-45(30-32-54(50)62)43-22-14-21-42(34-43)44-29-31-53-48(35-44)47-26-11-13-28-52(47)63(53)46-24-8-3-9-25-46/h1-2,4-8,10-32,34-37H,3,9,33,38H2. The van der Waals surface area contributed by atoms with Crippen LogP contribution in [-0.4, -0.2) is 21.1 Å². The molecule has 0 bridgehead atoms. The van der Waals surface area contributed by atoms with Gasteiger partial charge in [-0.1, -0.05) is 158 Å². The van der Waals surface area contributed by atoms with E-state index in [-0.39, 0.29) is 5.41 Å². The summed E-state index contributed by atoms with van der Waals surface area (Å²) in [5, 5.41) is 2.55. The zero-order valence-corrected chi connectivity index (χ0v) is 36.0. The summed E-state index contributed by atoms with van der Waals surface area (Å²) >= 11 is 1.77. The molecule has 3 aromatic heterocycles. The van der Waals surface area contributed by atoms with Crippen LogP contribution in [0, 0.1) is 0 Å². The van der Waals surface area contributed by atoms with Gasteiger partial charge < -0.3 is 9.47 Å². The van der Waals surface area contributed by atoms with E-state index in [2.05, 4.69) is 216 Å². The van der Waals surface area contributed by atoms with Crippen molar-refractivity contribution in [3.05, 3.63) is 217 Å². The first-order valence-electron chi connectivity index (χ1n) is 22.3. The van der Waals surface area contributed by atoms with Crippen molar-refractivity contribution in [2.75, 3.05) is 11.4 Å². The fraction of sp³-hybridized carbons (Fsp3) is 0.0847. The summed E-state index contributed by atoms with van der Waals surface area (Å²) in [6.07, 6.45) is 14.6. The first kappa shape index (κ1) is 37.0. The van der Waals surface area contributed by atoms with E-state index in [9.17, 15) is 0 Å². The molecular weight excluding hydrogens is 797 g/mol. The molecule has 0 saturated carbocycles. The van der Waals surface area contributed by atoms with Crippen molar-refractivity contribution in [3.63, 3.8) is 0 Å².